The topological polar surface area (TPSA) is 45.6 Å². The first-order valence-electron chi connectivity index (χ1n) is 11.3. The molecule has 1 aliphatic rings. The van der Waals surface area contributed by atoms with E-state index < -0.39 is 5.82 Å². The molecule has 0 radical (unpaired) electrons. The molecule has 4 nitrogen and oxygen atoms in total. The Labute approximate surface area is 209 Å². The van der Waals surface area contributed by atoms with Gasteiger partial charge >= 0.3 is 0 Å². The number of thiazole rings is 1. The predicted molar refractivity (Wildman–Crippen MR) is 137 cm³/mol. The Hall–Kier alpha value is -2.59. The molecular formula is C27H28ClFN2O2S. The van der Waals surface area contributed by atoms with Gasteiger partial charge in [0.25, 0.3) is 0 Å². The summed E-state index contributed by atoms with van der Waals surface area (Å²) >= 11 is 8.15. The molecule has 0 unspecified atom stereocenters. The Morgan fingerprint density at radius 3 is 2.71 bits per heavy atom. The molecule has 1 aromatic heterocycles. The fraction of sp³-hybridized carbons (Fsp3) is 0.370. The lowest BCUT2D eigenvalue weighted by molar-refractivity contribution is 0.275. The molecule has 0 spiro atoms. The number of methoxy groups -OCH3 is 1. The van der Waals surface area contributed by atoms with Crippen molar-refractivity contribution in [1.29, 1.82) is 0 Å². The number of anilines is 1. The van der Waals surface area contributed by atoms with Crippen molar-refractivity contribution < 1.29 is 14.2 Å². The standard InChI is InChI=1S/C27H28ClFN2O2S/c1-5-10-31(24(12-18-6-7-18)19-8-9-20(15-32)23(29)13-19)27-30-26(17(3)34-27)21-11-16(2)25(33-4)14-22(21)28/h1,8-9,11,13-14,18,24,32H,6-7,10,12,15H2,2-4H3/t24-/m1/s1. The number of aliphatic hydroxyl groups is 1. The lowest BCUT2D eigenvalue weighted by atomic mass is 9.98. The maximum Gasteiger partial charge on any atom is 0.187 e. The van der Waals surface area contributed by atoms with Crippen molar-refractivity contribution >= 4 is 28.1 Å². The number of nitrogens with zero attached hydrogens (tertiary/aromatic N) is 2. The second-order valence-electron chi connectivity index (χ2n) is 8.74. The largest absolute Gasteiger partial charge is 0.496 e. The summed E-state index contributed by atoms with van der Waals surface area (Å²) in [6, 6.07) is 8.74. The molecule has 1 aliphatic carbocycles. The molecular weight excluding hydrogens is 471 g/mol. The van der Waals surface area contributed by atoms with Gasteiger partial charge in [-0.1, -0.05) is 42.5 Å². The van der Waals surface area contributed by atoms with Crippen molar-refractivity contribution in [3.8, 4) is 29.4 Å². The average molecular weight is 499 g/mol. The molecule has 0 aliphatic heterocycles. The lowest BCUT2D eigenvalue weighted by Gasteiger charge is -2.31. The van der Waals surface area contributed by atoms with Crippen LogP contribution in [-0.2, 0) is 6.61 Å². The molecule has 34 heavy (non-hydrogen) atoms. The van der Waals surface area contributed by atoms with E-state index in [2.05, 4.69) is 10.8 Å². The Bertz CT molecular complexity index is 1230. The SMILES string of the molecule is C#CCN(c1nc(-c2cc(C)c(OC)cc2Cl)c(C)s1)[C@H](CC1CC1)c1ccc(CO)c(F)c1. The normalized spacial score (nSPS) is 14.0. The van der Waals surface area contributed by atoms with E-state index in [1.807, 2.05) is 32.0 Å². The minimum absolute atomic E-state index is 0.114. The zero-order valence-corrected chi connectivity index (χ0v) is 21.1. The number of aromatic nitrogens is 1. The number of aryl methyl sites for hydroxylation is 2. The number of ether oxygens (including phenoxy) is 1. The van der Waals surface area contributed by atoms with Crippen LogP contribution < -0.4 is 9.64 Å². The smallest absolute Gasteiger partial charge is 0.187 e. The van der Waals surface area contributed by atoms with Crippen molar-refractivity contribution in [3.63, 3.8) is 0 Å². The van der Waals surface area contributed by atoms with Crippen molar-refractivity contribution in [3.05, 3.63) is 62.7 Å². The number of rotatable bonds is 9. The maximum atomic E-state index is 14.6. The summed E-state index contributed by atoms with van der Waals surface area (Å²) in [5.74, 6) is 3.68. The molecule has 1 fully saturated rings. The molecule has 1 heterocycles. The number of terminal acetylenes is 1. The summed E-state index contributed by atoms with van der Waals surface area (Å²) in [5, 5.41) is 10.7. The Kier molecular flexibility index (Phi) is 7.47. The third-order valence-corrected chi connectivity index (χ3v) is 7.61. The van der Waals surface area contributed by atoms with Crippen LogP contribution in [0.25, 0.3) is 11.3 Å². The monoisotopic (exact) mass is 498 g/mol. The molecule has 178 valence electrons. The van der Waals surface area contributed by atoms with Gasteiger partial charge < -0.3 is 14.7 Å². The third kappa shape index (κ3) is 5.07. The van der Waals surface area contributed by atoms with Crippen molar-refractivity contribution in [2.24, 2.45) is 5.92 Å². The van der Waals surface area contributed by atoms with Crippen LogP contribution in [0.3, 0.4) is 0 Å². The molecule has 2 aromatic carbocycles. The van der Waals surface area contributed by atoms with Gasteiger partial charge in [-0.25, -0.2) is 9.37 Å². The minimum Gasteiger partial charge on any atom is -0.496 e. The van der Waals surface area contributed by atoms with E-state index in [9.17, 15) is 9.50 Å². The van der Waals surface area contributed by atoms with Crippen molar-refractivity contribution in [2.45, 2.75) is 45.8 Å². The zero-order valence-electron chi connectivity index (χ0n) is 19.6. The van der Waals surface area contributed by atoms with E-state index in [1.54, 1.807) is 24.5 Å². The van der Waals surface area contributed by atoms with Gasteiger partial charge in [-0.15, -0.1) is 17.8 Å². The molecule has 1 N–H and O–H groups in total. The van der Waals surface area contributed by atoms with Crippen molar-refractivity contribution in [2.75, 3.05) is 18.6 Å². The van der Waals surface area contributed by atoms with Gasteiger partial charge in [0.2, 0.25) is 0 Å². The van der Waals surface area contributed by atoms with Gasteiger partial charge in [-0.3, -0.25) is 0 Å². The van der Waals surface area contributed by atoms with E-state index in [4.69, 9.17) is 27.7 Å². The average Bonchev–Trinajstić information content (AvgIpc) is 3.56. The highest BCUT2D eigenvalue weighted by Crippen LogP contribution is 2.44. The number of hydrogen-bond donors (Lipinski definition) is 1. The van der Waals surface area contributed by atoms with Crippen LogP contribution in [0, 0.1) is 37.9 Å². The van der Waals surface area contributed by atoms with Gasteiger partial charge in [-0.05, 0) is 55.5 Å². The third-order valence-electron chi connectivity index (χ3n) is 6.29. The molecule has 4 rings (SSSR count). The summed E-state index contributed by atoms with van der Waals surface area (Å²) < 4.78 is 20.0. The van der Waals surface area contributed by atoms with Gasteiger partial charge in [0.15, 0.2) is 5.13 Å². The van der Waals surface area contributed by atoms with Crippen LogP contribution in [0.5, 0.6) is 5.75 Å². The fourth-order valence-electron chi connectivity index (χ4n) is 4.24. The Morgan fingerprint density at radius 1 is 1.32 bits per heavy atom. The summed E-state index contributed by atoms with van der Waals surface area (Å²) in [6.45, 7) is 4.02. The van der Waals surface area contributed by atoms with Crippen LogP contribution in [-0.4, -0.2) is 23.7 Å². The van der Waals surface area contributed by atoms with Gasteiger partial charge in [0, 0.05) is 16.0 Å². The Morgan fingerprint density at radius 2 is 2.09 bits per heavy atom. The second kappa shape index (κ2) is 10.4. The van der Waals surface area contributed by atoms with E-state index in [0.717, 1.165) is 44.6 Å². The first-order chi connectivity index (χ1) is 16.4. The maximum absolute atomic E-state index is 14.6. The van der Waals surface area contributed by atoms with Gasteiger partial charge in [-0.2, -0.15) is 0 Å². The number of hydrogen-bond acceptors (Lipinski definition) is 5. The van der Waals surface area contributed by atoms with Crippen LogP contribution >= 0.6 is 22.9 Å². The van der Waals surface area contributed by atoms with Crippen molar-refractivity contribution in [1.82, 2.24) is 4.98 Å². The first kappa shape index (κ1) is 24.5. The van der Waals surface area contributed by atoms with Crippen LogP contribution in [0.2, 0.25) is 5.02 Å². The van der Waals surface area contributed by atoms with Gasteiger partial charge in [0.05, 0.1) is 37.0 Å². The number of halogens is 2. The molecule has 0 saturated heterocycles. The molecule has 1 saturated carbocycles. The predicted octanol–water partition coefficient (Wildman–Crippen LogP) is 6.70. The molecule has 0 amide bonds. The summed E-state index contributed by atoms with van der Waals surface area (Å²) in [6.07, 6.45) is 8.98. The summed E-state index contributed by atoms with van der Waals surface area (Å²) in [7, 11) is 1.62. The summed E-state index contributed by atoms with van der Waals surface area (Å²) in [4.78, 5) is 8.09. The highest BCUT2D eigenvalue weighted by Gasteiger charge is 2.32. The van der Waals surface area contributed by atoms with E-state index in [-0.39, 0.29) is 18.2 Å². The zero-order chi connectivity index (χ0) is 24.4. The van der Waals surface area contributed by atoms with Crippen LogP contribution in [0.15, 0.2) is 30.3 Å². The molecule has 7 heteroatoms. The fourth-order valence-corrected chi connectivity index (χ4v) is 5.46. The quantitative estimate of drug-likeness (QED) is 0.333. The first-order valence-corrected chi connectivity index (χ1v) is 12.5. The number of benzene rings is 2. The minimum atomic E-state index is -0.405. The second-order valence-corrected chi connectivity index (χ2v) is 10.3. The molecule has 3 aromatic rings. The lowest BCUT2D eigenvalue weighted by Crippen LogP contribution is -2.29. The molecule has 1 atom stereocenters. The van der Waals surface area contributed by atoms with Gasteiger partial charge in [0.1, 0.15) is 11.6 Å². The van der Waals surface area contributed by atoms with E-state index >= 15 is 0 Å². The van der Waals surface area contributed by atoms with E-state index in [0.29, 0.717) is 17.5 Å². The molecule has 0 bridgehead atoms. The Balaban J connectivity index is 1.76. The van der Waals surface area contributed by atoms with E-state index in [1.165, 1.54) is 18.9 Å². The highest BCUT2D eigenvalue weighted by molar-refractivity contribution is 7.16. The summed E-state index contributed by atoms with van der Waals surface area (Å²) in [5.41, 5.74) is 3.75. The number of aliphatic hydroxyl groups excluding tert-OH is 1. The van der Waals surface area contributed by atoms with Crippen LogP contribution in [0.4, 0.5) is 9.52 Å². The highest BCUT2D eigenvalue weighted by atomic mass is 35.5. The van der Waals surface area contributed by atoms with Crippen LogP contribution in [0.1, 0.15) is 46.9 Å².